The molecule has 0 heterocycles. The highest BCUT2D eigenvalue weighted by Gasteiger charge is 2.11. The van der Waals surface area contributed by atoms with Gasteiger partial charge in [-0.15, -0.1) is 0 Å². The molecule has 5 heteroatoms. The largest absolute Gasteiger partial charge is 0.497 e. The van der Waals surface area contributed by atoms with E-state index in [0.29, 0.717) is 0 Å². The van der Waals surface area contributed by atoms with E-state index in [-0.39, 0.29) is 16.6 Å². The van der Waals surface area contributed by atoms with Gasteiger partial charge in [-0.2, -0.15) is 0 Å². The lowest BCUT2D eigenvalue weighted by Gasteiger charge is -2.16. The third kappa shape index (κ3) is 3.67. The van der Waals surface area contributed by atoms with Gasteiger partial charge in [0.2, 0.25) is 0 Å². The minimum atomic E-state index is -1.03. The van der Waals surface area contributed by atoms with Crippen molar-refractivity contribution in [2.75, 3.05) is 12.4 Å². The molecule has 0 aliphatic carbocycles. The fourth-order valence-corrected chi connectivity index (χ4v) is 2.27. The van der Waals surface area contributed by atoms with Crippen LogP contribution in [0.2, 0.25) is 5.02 Å². The number of carboxylic acids is 1. The van der Waals surface area contributed by atoms with Gasteiger partial charge in [-0.1, -0.05) is 23.7 Å². The van der Waals surface area contributed by atoms with Crippen LogP contribution in [0.25, 0.3) is 0 Å². The van der Waals surface area contributed by atoms with Crippen molar-refractivity contribution in [1.82, 2.24) is 0 Å². The number of methoxy groups -OCH3 is 1. The van der Waals surface area contributed by atoms with Gasteiger partial charge in [0.1, 0.15) is 5.75 Å². The number of aromatic carboxylic acids is 1. The smallest absolute Gasteiger partial charge is 0.337 e. The van der Waals surface area contributed by atoms with E-state index in [9.17, 15) is 4.79 Å². The van der Waals surface area contributed by atoms with Crippen LogP contribution in [0.15, 0.2) is 42.5 Å². The predicted octanol–water partition coefficient (Wildman–Crippen LogP) is 4.22. The van der Waals surface area contributed by atoms with E-state index in [0.717, 1.165) is 17.0 Å². The van der Waals surface area contributed by atoms with Crippen molar-refractivity contribution in [3.05, 3.63) is 58.6 Å². The molecular formula is C16H16ClNO3. The molecule has 0 fully saturated rings. The Kier molecular flexibility index (Phi) is 4.70. The molecule has 4 nitrogen and oxygen atoms in total. The van der Waals surface area contributed by atoms with Crippen LogP contribution in [-0.4, -0.2) is 18.2 Å². The molecule has 1 unspecified atom stereocenters. The lowest BCUT2D eigenvalue weighted by atomic mass is 10.1. The topological polar surface area (TPSA) is 58.6 Å². The summed E-state index contributed by atoms with van der Waals surface area (Å²) in [6.07, 6.45) is 0. The molecule has 0 aliphatic heterocycles. The Balaban J connectivity index is 2.13. The van der Waals surface area contributed by atoms with Gasteiger partial charge in [-0.05, 0) is 42.8 Å². The first kappa shape index (κ1) is 15.2. The van der Waals surface area contributed by atoms with E-state index >= 15 is 0 Å². The van der Waals surface area contributed by atoms with Crippen LogP contribution in [0, 0.1) is 0 Å². The first-order valence-corrected chi connectivity index (χ1v) is 6.82. The fraction of sp³-hybridized carbons (Fsp3) is 0.188. The number of carbonyl (C=O) groups is 1. The van der Waals surface area contributed by atoms with Gasteiger partial charge in [0, 0.05) is 11.7 Å². The highest BCUT2D eigenvalue weighted by molar-refractivity contribution is 6.33. The maximum atomic E-state index is 10.9. The summed E-state index contributed by atoms with van der Waals surface area (Å²) in [5, 5.41) is 12.5. The van der Waals surface area contributed by atoms with E-state index in [1.807, 2.05) is 31.2 Å². The van der Waals surface area contributed by atoms with E-state index in [2.05, 4.69) is 5.32 Å². The number of anilines is 1. The molecule has 0 spiro atoms. The molecule has 2 aromatic rings. The summed E-state index contributed by atoms with van der Waals surface area (Å²) in [5.41, 5.74) is 1.96. The fourth-order valence-electron chi connectivity index (χ4n) is 2.00. The van der Waals surface area contributed by atoms with Crippen molar-refractivity contribution in [2.24, 2.45) is 0 Å². The van der Waals surface area contributed by atoms with Gasteiger partial charge in [-0.3, -0.25) is 0 Å². The van der Waals surface area contributed by atoms with Crippen LogP contribution >= 0.6 is 11.6 Å². The van der Waals surface area contributed by atoms with Crippen molar-refractivity contribution in [1.29, 1.82) is 0 Å². The summed E-state index contributed by atoms with van der Waals surface area (Å²) in [6, 6.07) is 12.6. The molecule has 2 rings (SSSR count). The van der Waals surface area contributed by atoms with Crippen molar-refractivity contribution >= 4 is 23.3 Å². The van der Waals surface area contributed by atoms with Gasteiger partial charge < -0.3 is 15.2 Å². The minimum Gasteiger partial charge on any atom is -0.497 e. The molecule has 0 bridgehead atoms. The zero-order valence-corrected chi connectivity index (χ0v) is 12.5. The van der Waals surface area contributed by atoms with Crippen LogP contribution in [0.5, 0.6) is 5.75 Å². The number of ether oxygens (including phenoxy) is 1. The zero-order valence-electron chi connectivity index (χ0n) is 11.8. The number of hydrogen-bond donors (Lipinski definition) is 2. The SMILES string of the molecule is COc1ccc(C(C)Nc2ccc(C(=O)O)c(Cl)c2)cc1. The van der Waals surface area contributed by atoms with E-state index < -0.39 is 5.97 Å². The van der Waals surface area contributed by atoms with Crippen molar-refractivity contribution < 1.29 is 14.6 Å². The second-order valence-electron chi connectivity index (χ2n) is 4.64. The zero-order chi connectivity index (χ0) is 15.4. The normalized spacial score (nSPS) is 11.8. The second kappa shape index (κ2) is 6.50. The first-order chi connectivity index (χ1) is 10.0. The molecule has 0 amide bonds. The number of carboxylic acid groups (broad SMARTS) is 1. The Morgan fingerprint density at radius 3 is 2.43 bits per heavy atom. The number of rotatable bonds is 5. The summed E-state index contributed by atoms with van der Waals surface area (Å²) in [7, 11) is 1.63. The van der Waals surface area contributed by atoms with Gasteiger partial charge in [-0.25, -0.2) is 4.79 Å². The van der Waals surface area contributed by atoms with Crippen molar-refractivity contribution in [3.63, 3.8) is 0 Å². The molecule has 0 aliphatic rings. The lowest BCUT2D eigenvalue weighted by molar-refractivity contribution is 0.0697. The van der Waals surface area contributed by atoms with Gasteiger partial charge >= 0.3 is 5.97 Å². The van der Waals surface area contributed by atoms with Gasteiger partial charge in [0.25, 0.3) is 0 Å². The minimum absolute atomic E-state index is 0.0580. The Bertz CT molecular complexity index is 640. The van der Waals surface area contributed by atoms with Crippen LogP contribution in [-0.2, 0) is 0 Å². The summed E-state index contributed by atoms with van der Waals surface area (Å²) < 4.78 is 5.13. The first-order valence-electron chi connectivity index (χ1n) is 6.44. The van der Waals surface area contributed by atoms with Crippen LogP contribution in [0.1, 0.15) is 28.9 Å². The summed E-state index contributed by atoms with van der Waals surface area (Å²) in [4.78, 5) is 10.9. The number of nitrogens with one attached hydrogen (secondary N) is 1. The molecule has 21 heavy (non-hydrogen) atoms. The van der Waals surface area contributed by atoms with Crippen LogP contribution in [0.4, 0.5) is 5.69 Å². The second-order valence-corrected chi connectivity index (χ2v) is 5.05. The van der Waals surface area contributed by atoms with Gasteiger partial charge in [0.15, 0.2) is 0 Å². The monoisotopic (exact) mass is 305 g/mol. The van der Waals surface area contributed by atoms with E-state index in [1.54, 1.807) is 19.2 Å². The van der Waals surface area contributed by atoms with Crippen LogP contribution in [0.3, 0.4) is 0 Å². The quantitative estimate of drug-likeness (QED) is 0.868. The molecule has 2 N–H and O–H groups in total. The molecule has 0 radical (unpaired) electrons. The number of hydrogen-bond acceptors (Lipinski definition) is 3. The Hall–Kier alpha value is -2.20. The molecule has 0 saturated heterocycles. The maximum Gasteiger partial charge on any atom is 0.337 e. The molecule has 110 valence electrons. The molecule has 2 aromatic carbocycles. The Morgan fingerprint density at radius 2 is 1.90 bits per heavy atom. The average molecular weight is 306 g/mol. The highest BCUT2D eigenvalue weighted by atomic mass is 35.5. The predicted molar refractivity (Wildman–Crippen MR) is 83.4 cm³/mol. The number of halogens is 1. The standard InChI is InChI=1S/C16H16ClNO3/c1-10(11-3-6-13(21-2)7-4-11)18-12-5-8-14(16(19)20)15(17)9-12/h3-10,18H,1-2H3,(H,19,20). The maximum absolute atomic E-state index is 10.9. The molecule has 0 saturated carbocycles. The Labute approximate surface area is 128 Å². The Morgan fingerprint density at radius 1 is 1.24 bits per heavy atom. The average Bonchev–Trinajstić information content (AvgIpc) is 2.47. The van der Waals surface area contributed by atoms with E-state index in [1.165, 1.54) is 6.07 Å². The van der Waals surface area contributed by atoms with Crippen LogP contribution < -0.4 is 10.1 Å². The lowest BCUT2D eigenvalue weighted by Crippen LogP contribution is -2.07. The number of benzene rings is 2. The van der Waals surface area contributed by atoms with Crippen molar-refractivity contribution in [3.8, 4) is 5.75 Å². The molecular weight excluding hydrogens is 290 g/mol. The highest BCUT2D eigenvalue weighted by Crippen LogP contribution is 2.25. The molecule has 0 aromatic heterocycles. The van der Waals surface area contributed by atoms with E-state index in [4.69, 9.17) is 21.4 Å². The summed E-state index contributed by atoms with van der Waals surface area (Å²) >= 11 is 5.96. The van der Waals surface area contributed by atoms with Gasteiger partial charge in [0.05, 0.1) is 17.7 Å². The van der Waals surface area contributed by atoms with Crippen molar-refractivity contribution in [2.45, 2.75) is 13.0 Å². The summed E-state index contributed by atoms with van der Waals surface area (Å²) in [6.45, 7) is 2.01. The third-order valence-corrected chi connectivity index (χ3v) is 3.51. The molecule has 1 atom stereocenters. The summed E-state index contributed by atoms with van der Waals surface area (Å²) in [5.74, 6) is -0.227. The third-order valence-electron chi connectivity index (χ3n) is 3.20.